The highest BCUT2D eigenvalue weighted by Gasteiger charge is 2.12. The summed E-state index contributed by atoms with van der Waals surface area (Å²) in [6.45, 7) is 2.09. The SMILES string of the molecule is CCOC(=O)c1cc(Sc2ncc[nH]2)ccc1N. The van der Waals surface area contributed by atoms with Gasteiger partial charge in [0.25, 0.3) is 0 Å². The number of aromatic nitrogens is 2. The molecule has 94 valence electrons. The van der Waals surface area contributed by atoms with E-state index in [2.05, 4.69) is 9.97 Å². The molecule has 2 aromatic rings. The van der Waals surface area contributed by atoms with Crippen LogP contribution in [0, 0.1) is 0 Å². The van der Waals surface area contributed by atoms with E-state index in [9.17, 15) is 4.79 Å². The maximum absolute atomic E-state index is 11.7. The van der Waals surface area contributed by atoms with E-state index in [-0.39, 0.29) is 0 Å². The van der Waals surface area contributed by atoms with Gasteiger partial charge in [-0.05, 0) is 25.1 Å². The average molecular weight is 263 g/mol. The van der Waals surface area contributed by atoms with Crippen LogP contribution in [0.5, 0.6) is 0 Å². The molecule has 6 heteroatoms. The van der Waals surface area contributed by atoms with Crippen molar-refractivity contribution in [3.63, 3.8) is 0 Å². The van der Waals surface area contributed by atoms with E-state index in [1.165, 1.54) is 11.8 Å². The molecule has 1 heterocycles. The first-order chi connectivity index (χ1) is 8.70. The van der Waals surface area contributed by atoms with Crippen molar-refractivity contribution in [3.05, 3.63) is 36.2 Å². The van der Waals surface area contributed by atoms with Crippen LogP contribution in [0.15, 0.2) is 40.6 Å². The average Bonchev–Trinajstić information content (AvgIpc) is 2.84. The number of ether oxygens (including phenoxy) is 1. The van der Waals surface area contributed by atoms with Gasteiger partial charge in [-0.1, -0.05) is 11.8 Å². The maximum atomic E-state index is 11.7. The van der Waals surface area contributed by atoms with Crippen molar-refractivity contribution in [1.82, 2.24) is 9.97 Å². The molecule has 0 bridgehead atoms. The number of carbonyl (C=O) groups is 1. The molecule has 0 atom stereocenters. The first-order valence-electron chi connectivity index (χ1n) is 5.44. The molecule has 0 aliphatic heterocycles. The van der Waals surface area contributed by atoms with Crippen LogP contribution in [0.25, 0.3) is 0 Å². The largest absolute Gasteiger partial charge is 0.462 e. The van der Waals surface area contributed by atoms with Crippen LogP contribution >= 0.6 is 11.8 Å². The highest BCUT2D eigenvalue weighted by atomic mass is 32.2. The summed E-state index contributed by atoms with van der Waals surface area (Å²) in [5.74, 6) is -0.406. The van der Waals surface area contributed by atoms with Gasteiger partial charge in [0.1, 0.15) is 0 Å². The van der Waals surface area contributed by atoms with E-state index in [0.29, 0.717) is 17.9 Å². The number of nitrogens with zero attached hydrogens (tertiary/aromatic N) is 1. The van der Waals surface area contributed by atoms with Gasteiger partial charge in [0.2, 0.25) is 0 Å². The number of nitrogen functional groups attached to an aromatic ring is 1. The van der Waals surface area contributed by atoms with Crippen molar-refractivity contribution in [1.29, 1.82) is 0 Å². The summed E-state index contributed by atoms with van der Waals surface area (Å²) >= 11 is 1.42. The van der Waals surface area contributed by atoms with Crippen molar-refractivity contribution < 1.29 is 9.53 Å². The molecular weight excluding hydrogens is 250 g/mol. The Balaban J connectivity index is 2.23. The number of esters is 1. The molecule has 0 saturated heterocycles. The Bertz CT molecular complexity index is 540. The summed E-state index contributed by atoms with van der Waals surface area (Å²) in [6.07, 6.45) is 3.41. The lowest BCUT2D eigenvalue weighted by molar-refractivity contribution is 0.0527. The summed E-state index contributed by atoms with van der Waals surface area (Å²) in [7, 11) is 0. The summed E-state index contributed by atoms with van der Waals surface area (Å²) < 4.78 is 4.95. The monoisotopic (exact) mass is 263 g/mol. The second kappa shape index (κ2) is 5.59. The normalized spacial score (nSPS) is 10.3. The zero-order valence-corrected chi connectivity index (χ0v) is 10.7. The number of carbonyl (C=O) groups excluding carboxylic acids is 1. The molecular formula is C12H13N3O2S. The van der Waals surface area contributed by atoms with E-state index in [0.717, 1.165) is 10.1 Å². The molecule has 0 spiro atoms. The van der Waals surface area contributed by atoms with Crippen LogP contribution in [0.4, 0.5) is 5.69 Å². The lowest BCUT2D eigenvalue weighted by atomic mass is 10.2. The molecule has 3 N–H and O–H groups in total. The highest BCUT2D eigenvalue weighted by Crippen LogP contribution is 2.27. The van der Waals surface area contributed by atoms with Gasteiger partial charge in [-0.25, -0.2) is 9.78 Å². The Morgan fingerprint density at radius 2 is 2.39 bits per heavy atom. The van der Waals surface area contributed by atoms with Gasteiger partial charge in [0.05, 0.1) is 12.2 Å². The molecule has 0 fully saturated rings. The van der Waals surface area contributed by atoms with E-state index >= 15 is 0 Å². The minimum Gasteiger partial charge on any atom is -0.462 e. The fourth-order valence-corrected chi connectivity index (χ4v) is 2.18. The number of aromatic amines is 1. The fraction of sp³-hybridized carbons (Fsp3) is 0.167. The van der Waals surface area contributed by atoms with Crippen molar-refractivity contribution in [2.45, 2.75) is 17.0 Å². The van der Waals surface area contributed by atoms with E-state index in [1.54, 1.807) is 31.5 Å². The van der Waals surface area contributed by atoms with Crippen molar-refractivity contribution in [2.24, 2.45) is 0 Å². The lowest BCUT2D eigenvalue weighted by Gasteiger charge is -2.07. The molecule has 0 radical (unpaired) electrons. The van der Waals surface area contributed by atoms with Crippen LogP contribution in [0.2, 0.25) is 0 Å². The minimum absolute atomic E-state index is 0.327. The second-order valence-electron chi connectivity index (χ2n) is 3.47. The van der Waals surface area contributed by atoms with Crippen LogP contribution in [-0.4, -0.2) is 22.5 Å². The molecule has 0 amide bonds. The topological polar surface area (TPSA) is 81.0 Å². The van der Waals surface area contributed by atoms with Gasteiger partial charge in [-0.2, -0.15) is 0 Å². The number of rotatable bonds is 4. The van der Waals surface area contributed by atoms with Gasteiger partial charge in [0.15, 0.2) is 5.16 Å². The quantitative estimate of drug-likeness (QED) is 0.653. The zero-order chi connectivity index (χ0) is 13.0. The summed E-state index contributed by atoms with van der Waals surface area (Å²) in [4.78, 5) is 19.6. The predicted octanol–water partition coefficient (Wildman–Crippen LogP) is 2.32. The van der Waals surface area contributed by atoms with Crippen LogP contribution in [0.3, 0.4) is 0 Å². The number of imidazole rings is 1. The smallest absolute Gasteiger partial charge is 0.340 e. The van der Waals surface area contributed by atoms with Crippen molar-refractivity contribution >= 4 is 23.4 Å². The second-order valence-corrected chi connectivity index (χ2v) is 4.53. The number of anilines is 1. The molecule has 5 nitrogen and oxygen atoms in total. The number of nitrogens with two attached hydrogens (primary N) is 1. The molecule has 1 aromatic carbocycles. The van der Waals surface area contributed by atoms with Crippen molar-refractivity contribution in [2.75, 3.05) is 12.3 Å². The van der Waals surface area contributed by atoms with E-state index in [1.807, 2.05) is 6.07 Å². The molecule has 0 aliphatic carbocycles. The Morgan fingerprint density at radius 1 is 1.56 bits per heavy atom. The predicted molar refractivity (Wildman–Crippen MR) is 69.5 cm³/mol. The molecule has 0 aliphatic rings. The summed E-state index contributed by atoms with van der Waals surface area (Å²) in [5, 5.41) is 0.759. The number of hydrogen-bond acceptors (Lipinski definition) is 5. The van der Waals surface area contributed by atoms with Crippen molar-refractivity contribution in [3.8, 4) is 0 Å². The van der Waals surface area contributed by atoms with Gasteiger partial charge in [-0.3, -0.25) is 0 Å². The summed E-state index contributed by atoms with van der Waals surface area (Å²) in [6, 6.07) is 5.24. The Morgan fingerprint density at radius 3 is 3.06 bits per heavy atom. The number of H-pyrrole nitrogens is 1. The standard InChI is InChI=1S/C12H13N3O2S/c1-2-17-11(16)9-7-8(3-4-10(9)13)18-12-14-5-6-15-12/h3-7H,2,13H2,1H3,(H,14,15). The Labute approximate surface area is 109 Å². The van der Waals surface area contributed by atoms with Gasteiger partial charge in [0, 0.05) is 23.0 Å². The Kier molecular flexibility index (Phi) is 3.88. The van der Waals surface area contributed by atoms with Crippen LogP contribution in [-0.2, 0) is 4.74 Å². The fourth-order valence-electron chi connectivity index (χ4n) is 1.40. The lowest BCUT2D eigenvalue weighted by Crippen LogP contribution is -2.07. The first kappa shape index (κ1) is 12.5. The van der Waals surface area contributed by atoms with Crippen LogP contribution in [0.1, 0.15) is 17.3 Å². The number of benzene rings is 1. The van der Waals surface area contributed by atoms with Gasteiger partial charge >= 0.3 is 5.97 Å². The third-order valence-corrected chi connectivity index (χ3v) is 3.11. The number of nitrogens with one attached hydrogen (secondary N) is 1. The number of hydrogen-bond donors (Lipinski definition) is 2. The zero-order valence-electron chi connectivity index (χ0n) is 9.84. The molecule has 2 rings (SSSR count). The molecule has 0 saturated carbocycles. The maximum Gasteiger partial charge on any atom is 0.340 e. The molecule has 18 heavy (non-hydrogen) atoms. The third kappa shape index (κ3) is 2.84. The van der Waals surface area contributed by atoms with E-state index < -0.39 is 5.97 Å². The van der Waals surface area contributed by atoms with Gasteiger partial charge < -0.3 is 15.5 Å². The summed E-state index contributed by atoms with van der Waals surface area (Å²) in [5.41, 5.74) is 6.56. The van der Waals surface area contributed by atoms with E-state index in [4.69, 9.17) is 10.5 Å². The third-order valence-electron chi connectivity index (χ3n) is 2.21. The molecule has 1 aromatic heterocycles. The highest BCUT2D eigenvalue weighted by molar-refractivity contribution is 7.99. The molecule has 0 unspecified atom stereocenters. The van der Waals surface area contributed by atoms with Gasteiger partial charge in [-0.15, -0.1) is 0 Å². The Hall–Kier alpha value is -1.95. The van der Waals surface area contributed by atoms with Crippen LogP contribution < -0.4 is 5.73 Å². The first-order valence-corrected chi connectivity index (χ1v) is 6.26. The minimum atomic E-state index is -0.406.